The summed E-state index contributed by atoms with van der Waals surface area (Å²) in [6.07, 6.45) is 1.35. The number of halogens is 1. The van der Waals surface area contributed by atoms with Gasteiger partial charge < -0.3 is 10.6 Å². The van der Waals surface area contributed by atoms with E-state index in [1.165, 1.54) is 6.33 Å². The van der Waals surface area contributed by atoms with Gasteiger partial charge >= 0.3 is 0 Å². The Morgan fingerprint density at radius 2 is 1.68 bits per heavy atom. The lowest BCUT2D eigenvalue weighted by molar-refractivity contribution is 0.102. The van der Waals surface area contributed by atoms with Gasteiger partial charge in [-0.2, -0.15) is 0 Å². The van der Waals surface area contributed by atoms with Crippen molar-refractivity contribution in [3.05, 3.63) is 76.7 Å². The minimum atomic E-state index is -0.295. The highest BCUT2D eigenvalue weighted by Gasteiger charge is 2.09. The molecule has 5 nitrogen and oxygen atoms in total. The molecule has 2 N–H and O–H groups in total. The zero-order chi connectivity index (χ0) is 17.8. The lowest BCUT2D eigenvalue weighted by Gasteiger charge is -2.09. The largest absolute Gasteiger partial charge is 0.340 e. The van der Waals surface area contributed by atoms with Crippen LogP contribution in [-0.2, 0) is 0 Å². The number of amides is 1. The van der Waals surface area contributed by atoms with Crippen LogP contribution < -0.4 is 10.6 Å². The third-order valence-electron chi connectivity index (χ3n) is 3.65. The van der Waals surface area contributed by atoms with Gasteiger partial charge in [0.1, 0.15) is 17.8 Å². The standard InChI is InChI=1S/C19H17ClN4O/c1-12-3-6-14(7-4-12)24-19(25)17-10-18(22-11-21-17)23-15-8-5-13(2)16(20)9-15/h3-11H,1-2H3,(H,24,25)(H,21,22,23). The third kappa shape index (κ3) is 4.33. The Kier molecular flexibility index (Phi) is 4.95. The highest BCUT2D eigenvalue weighted by Crippen LogP contribution is 2.22. The molecule has 0 unspecified atom stereocenters. The fourth-order valence-corrected chi connectivity index (χ4v) is 2.38. The van der Waals surface area contributed by atoms with Gasteiger partial charge in [0.15, 0.2) is 0 Å². The van der Waals surface area contributed by atoms with Crippen molar-refractivity contribution < 1.29 is 4.79 Å². The molecule has 0 saturated heterocycles. The average molecular weight is 353 g/mol. The van der Waals surface area contributed by atoms with Crippen molar-refractivity contribution >= 4 is 34.7 Å². The lowest BCUT2D eigenvalue weighted by Crippen LogP contribution is -2.14. The number of nitrogens with one attached hydrogen (secondary N) is 2. The number of carbonyl (C=O) groups is 1. The minimum Gasteiger partial charge on any atom is -0.340 e. The van der Waals surface area contributed by atoms with Gasteiger partial charge in [-0.05, 0) is 43.7 Å². The maximum absolute atomic E-state index is 12.4. The van der Waals surface area contributed by atoms with Crippen LogP contribution in [0.25, 0.3) is 0 Å². The number of benzene rings is 2. The molecule has 0 aliphatic rings. The Bertz CT molecular complexity index is 910. The predicted octanol–water partition coefficient (Wildman–Crippen LogP) is 4.74. The molecule has 2 aromatic carbocycles. The molecular weight excluding hydrogens is 336 g/mol. The maximum Gasteiger partial charge on any atom is 0.274 e. The first-order valence-corrected chi connectivity index (χ1v) is 8.12. The summed E-state index contributed by atoms with van der Waals surface area (Å²) in [5, 5.41) is 6.60. The lowest BCUT2D eigenvalue weighted by atomic mass is 10.2. The summed E-state index contributed by atoms with van der Waals surface area (Å²) in [5.74, 6) is 0.222. The second-order valence-electron chi connectivity index (χ2n) is 5.70. The van der Waals surface area contributed by atoms with Crippen molar-refractivity contribution in [3.63, 3.8) is 0 Å². The number of rotatable bonds is 4. The van der Waals surface area contributed by atoms with E-state index in [2.05, 4.69) is 20.6 Å². The second-order valence-corrected chi connectivity index (χ2v) is 6.10. The summed E-state index contributed by atoms with van der Waals surface area (Å²) in [5.41, 5.74) is 3.90. The van der Waals surface area contributed by atoms with Gasteiger partial charge in [0.25, 0.3) is 5.91 Å². The van der Waals surface area contributed by atoms with E-state index in [1.54, 1.807) is 6.07 Å². The molecule has 0 bridgehead atoms. The van der Waals surface area contributed by atoms with Crippen LogP contribution in [0, 0.1) is 13.8 Å². The molecule has 25 heavy (non-hydrogen) atoms. The number of carbonyl (C=O) groups excluding carboxylic acids is 1. The molecule has 1 heterocycles. The molecule has 126 valence electrons. The number of aryl methyl sites for hydroxylation is 2. The maximum atomic E-state index is 12.4. The Balaban J connectivity index is 1.75. The highest BCUT2D eigenvalue weighted by atomic mass is 35.5. The van der Waals surface area contributed by atoms with Crippen LogP contribution in [-0.4, -0.2) is 15.9 Å². The molecule has 3 aromatic rings. The first-order chi connectivity index (χ1) is 12.0. The van der Waals surface area contributed by atoms with E-state index < -0.39 is 0 Å². The van der Waals surface area contributed by atoms with Crippen LogP contribution in [0.2, 0.25) is 5.02 Å². The van der Waals surface area contributed by atoms with Crippen LogP contribution >= 0.6 is 11.6 Å². The predicted molar refractivity (Wildman–Crippen MR) is 101 cm³/mol. The summed E-state index contributed by atoms with van der Waals surface area (Å²) in [7, 11) is 0. The van der Waals surface area contributed by atoms with E-state index in [0.29, 0.717) is 16.5 Å². The van der Waals surface area contributed by atoms with E-state index in [0.717, 1.165) is 16.8 Å². The average Bonchev–Trinajstić information content (AvgIpc) is 2.60. The van der Waals surface area contributed by atoms with Gasteiger partial charge in [-0.25, -0.2) is 9.97 Å². The van der Waals surface area contributed by atoms with Crippen LogP contribution in [0.3, 0.4) is 0 Å². The van der Waals surface area contributed by atoms with Crippen molar-refractivity contribution in [1.29, 1.82) is 0 Å². The highest BCUT2D eigenvalue weighted by molar-refractivity contribution is 6.31. The quantitative estimate of drug-likeness (QED) is 0.711. The van der Waals surface area contributed by atoms with E-state index in [9.17, 15) is 4.79 Å². The molecular formula is C19H17ClN4O. The molecule has 6 heteroatoms. The summed E-state index contributed by atoms with van der Waals surface area (Å²) in [6, 6.07) is 14.8. The monoisotopic (exact) mass is 352 g/mol. The molecule has 0 spiro atoms. The van der Waals surface area contributed by atoms with E-state index >= 15 is 0 Å². The van der Waals surface area contributed by atoms with Gasteiger partial charge in [0.2, 0.25) is 0 Å². The molecule has 0 atom stereocenters. The summed E-state index contributed by atoms with van der Waals surface area (Å²) < 4.78 is 0. The van der Waals surface area contributed by atoms with Gasteiger partial charge in [0.05, 0.1) is 0 Å². The van der Waals surface area contributed by atoms with Crippen LogP contribution in [0.5, 0.6) is 0 Å². The number of aromatic nitrogens is 2. The topological polar surface area (TPSA) is 66.9 Å². The van der Waals surface area contributed by atoms with Crippen molar-refractivity contribution in [1.82, 2.24) is 9.97 Å². The number of nitrogens with zero attached hydrogens (tertiary/aromatic N) is 2. The zero-order valence-electron chi connectivity index (χ0n) is 13.9. The fourth-order valence-electron chi connectivity index (χ4n) is 2.20. The smallest absolute Gasteiger partial charge is 0.274 e. The molecule has 0 aliphatic heterocycles. The minimum absolute atomic E-state index is 0.274. The second kappa shape index (κ2) is 7.32. The van der Waals surface area contributed by atoms with Crippen LogP contribution in [0.15, 0.2) is 54.9 Å². The van der Waals surface area contributed by atoms with E-state index in [1.807, 2.05) is 56.3 Å². The number of anilines is 3. The van der Waals surface area contributed by atoms with Gasteiger partial charge in [-0.15, -0.1) is 0 Å². The first kappa shape index (κ1) is 16.9. The number of hydrogen-bond acceptors (Lipinski definition) is 4. The third-order valence-corrected chi connectivity index (χ3v) is 4.06. The molecule has 0 fully saturated rings. The molecule has 0 aliphatic carbocycles. The fraction of sp³-hybridized carbons (Fsp3) is 0.105. The Hall–Kier alpha value is -2.92. The van der Waals surface area contributed by atoms with E-state index in [4.69, 9.17) is 11.6 Å². The van der Waals surface area contributed by atoms with Crippen LogP contribution in [0.4, 0.5) is 17.2 Å². The summed E-state index contributed by atoms with van der Waals surface area (Å²) >= 11 is 6.13. The van der Waals surface area contributed by atoms with Gasteiger partial charge in [-0.3, -0.25) is 4.79 Å². The Morgan fingerprint density at radius 3 is 2.40 bits per heavy atom. The first-order valence-electron chi connectivity index (χ1n) is 7.74. The van der Waals surface area contributed by atoms with Crippen molar-refractivity contribution in [2.75, 3.05) is 10.6 Å². The zero-order valence-corrected chi connectivity index (χ0v) is 14.6. The normalized spacial score (nSPS) is 10.4. The molecule has 0 radical (unpaired) electrons. The number of hydrogen-bond donors (Lipinski definition) is 2. The Labute approximate surface area is 151 Å². The van der Waals surface area contributed by atoms with Gasteiger partial charge in [0, 0.05) is 22.5 Å². The van der Waals surface area contributed by atoms with Crippen molar-refractivity contribution in [2.24, 2.45) is 0 Å². The summed E-state index contributed by atoms with van der Waals surface area (Å²) in [4.78, 5) is 20.5. The molecule has 0 saturated carbocycles. The molecule has 3 rings (SSSR count). The molecule has 1 aromatic heterocycles. The molecule has 1 amide bonds. The SMILES string of the molecule is Cc1ccc(NC(=O)c2cc(Nc3ccc(C)c(Cl)c3)ncn2)cc1. The van der Waals surface area contributed by atoms with Crippen molar-refractivity contribution in [2.45, 2.75) is 13.8 Å². The van der Waals surface area contributed by atoms with Crippen LogP contribution in [0.1, 0.15) is 21.6 Å². The van der Waals surface area contributed by atoms with Crippen molar-refractivity contribution in [3.8, 4) is 0 Å². The van der Waals surface area contributed by atoms with E-state index in [-0.39, 0.29) is 11.6 Å². The van der Waals surface area contributed by atoms with Gasteiger partial charge in [-0.1, -0.05) is 35.4 Å². The Morgan fingerprint density at radius 1 is 0.960 bits per heavy atom. The summed E-state index contributed by atoms with van der Waals surface area (Å²) in [6.45, 7) is 3.93.